The topological polar surface area (TPSA) is 80.3 Å². The Kier molecular flexibility index (Phi) is 5.14. The van der Waals surface area contributed by atoms with Gasteiger partial charge in [-0.05, 0) is 36.4 Å². The van der Waals surface area contributed by atoms with E-state index in [4.69, 9.17) is 4.74 Å². The standard InChI is InChI=1S/C20H21N3O3S/c1-20(2,3)18(25)21-13-7-5-6-12(10-13)17(24)23-19-22-15-9-8-14(26-4)11-16(15)27-19/h5-11H,1-4H3,(H,21,25)(H,22,23,24). The van der Waals surface area contributed by atoms with Crippen molar-refractivity contribution in [2.24, 2.45) is 5.41 Å². The molecule has 0 spiro atoms. The maximum absolute atomic E-state index is 12.6. The molecule has 0 saturated carbocycles. The van der Waals surface area contributed by atoms with Crippen LogP contribution in [0.3, 0.4) is 0 Å². The Balaban J connectivity index is 1.76. The first-order valence-corrected chi connectivity index (χ1v) is 9.25. The average molecular weight is 383 g/mol. The summed E-state index contributed by atoms with van der Waals surface area (Å²) in [6, 6.07) is 12.4. The smallest absolute Gasteiger partial charge is 0.257 e. The van der Waals surface area contributed by atoms with Gasteiger partial charge in [0.25, 0.3) is 5.91 Å². The third-order valence-corrected chi connectivity index (χ3v) is 4.81. The number of anilines is 2. The number of rotatable bonds is 4. The van der Waals surface area contributed by atoms with Gasteiger partial charge in [-0.2, -0.15) is 0 Å². The summed E-state index contributed by atoms with van der Waals surface area (Å²) in [6.07, 6.45) is 0. The van der Waals surface area contributed by atoms with E-state index in [1.807, 2.05) is 39.0 Å². The number of amides is 2. The van der Waals surface area contributed by atoms with E-state index in [0.717, 1.165) is 16.0 Å². The lowest BCUT2D eigenvalue weighted by Gasteiger charge is -2.17. The van der Waals surface area contributed by atoms with Gasteiger partial charge in [0.1, 0.15) is 5.75 Å². The van der Waals surface area contributed by atoms with E-state index in [9.17, 15) is 9.59 Å². The molecule has 3 aromatic rings. The molecule has 1 aromatic heterocycles. The van der Waals surface area contributed by atoms with Crippen LogP contribution >= 0.6 is 11.3 Å². The summed E-state index contributed by atoms with van der Waals surface area (Å²) >= 11 is 1.38. The van der Waals surface area contributed by atoms with Crippen molar-refractivity contribution in [3.8, 4) is 5.75 Å². The van der Waals surface area contributed by atoms with Gasteiger partial charge < -0.3 is 10.1 Å². The number of benzene rings is 2. The van der Waals surface area contributed by atoms with Crippen molar-refractivity contribution in [2.45, 2.75) is 20.8 Å². The number of ether oxygens (including phenoxy) is 1. The number of fused-ring (bicyclic) bond motifs is 1. The van der Waals surface area contributed by atoms with E-state index < -0.39 is 5.41 Å². The zero-order valence-corrected chi connectivity index (χ0v) is 16.4. The maximum Gasteiger partial charge on any atom is 0.257 e. The minimum absolute atomic E-state index is 0.111. The quantitative estimate of drug-likeness (QED) is 0.693. The number of methoxy groups -OCH3 is 1. The summed E-state index contributed by atoms with van der Waals surface area (Å²) in [5.74, 6) is 0.347. The van der Waals surface area contributed by atoms with Crippen LogP contribution in [0, 0.1) is 5.41 Å². The van der Waals surface area contributed by atoms with Gasteiger partial charge in [-0.25, -0.2) is 4.98 Å². The van der Waals surface area contributed by atoms with Crippen molar-refractivity contribution in [3.05, 3.63) is 48.0 Å². The van der Waals surface area contributed by atoms with Crippen molar-refractivity contribution >= 4 is 44.2 Å². The molecule has 1 heterocycles. The molecule has 27 heavy (non-hydrogen) atoms. The monoisotopic (exact) mass is 383 g/mol. The summed E-state index contributed by atoms with van der Waals surface area (Å²) in [4.78, 5) is 29.1. The summed E-state index contributed by atoms with van der Waals surface area (Å²) in [7, 11) is 1.61. The Labute approximate surface area is 161 Å². The molecular formula is C20H21N3O3S. The molecule has 0 saturated heterocycles. The molecule has 0 radical (unpaired) electrons. The number of nitrogens with zero attached hydrogens (tertiary/aromatic N) is 1. The predicted octanol–water partition coefficient (Wildman–Crippen LogP) is 4.54. The molecule has 0 aliphatic rings. The highest BCUT2D eigenvalue weighted by Crippen LogP contribution is 2.29. The highest BCUT2D eigenvalue weighted by molar-refractivity contribution is 7.22. The van der Waals surface area contributed by atoms with Crippen LogP contribution in [0.1, 0.15) is 31.1 Å². The van der Waals surface area contributed by atoms with E-state index in [-0.39, 0.29) is 11.8 Å². The van der Waals surface area contributed by atoms with Gasteiger partial charge in [-0.3, -0.25) is 14.9 Å². The zero-order chi connectivity index (χ0) is 19.6. The van der Waals surface area contributed by atoms with Gasteiger partial charge in [0, 0.05) is 16.7 Å². The number of aromatic nitrogens is 1. The van der Waals surface area contributed by atoms with Crippen molar-refractivity contribution in [1.82, 2.24) is 4.98 Å². The van der Waals surface area contributed by atoms with Crippen LogP contribution < -0.4 is 15.4 Å². The second-order valence-electron chi connectivity index (χ2n) is 7.09. The lowest BCUT2D eigenvalue weighted by atomic mass is 9.95. The van der Waals surface area contributed by atoms with E-state index in [2.05, 4.69) is 15.6 Å². The molecule has 0 fully saturated rings. The van der Waals surface area contributed by atoms with E-state index in [1.165, 1.54) is 11.3 Å². The Morgan fingerprint density at radius 1 is 1.07 bits per heavy atom. The molecule has 0 aliphatic carbocycles. The van der Waals surface area contributed by atoms with Gasteiger partial charge >= 0.3 is 0 Å². The molecule has 0 atom stereocenters. The summed E-state index contributed by atoms with van der Waals surface area (Å²) < 4.78 is 6.13. The number of nitrogens with one attached hydrogen (secondary N) is 2. The second kappa shape index (κ2) is 7.36. The lowest BCUT2D eigenvalue weighted by Crippen LogP contribution is -2.27. The van der Waals surface area contributed by atoms with Crippen molar-refractivity contribution in [2.75, 3.05) is 17.7 Å². The van der Waals surface area contributed by atoms with Gasteiger partial charge in [0.05, 0.1) is 17.3 Å². The number of carbonyl (C=O) groups is 2. The van der Waals surface area contributed by atoms with E-state index in [0.29, 0.717) is 16.4 Å². The van der Waals surface area contributed by atoms with Crippen LogP contribution in [-0.2, 0) is 4.79 Å². The Morgan fingerprint density at radius 2 is 1.85 bits per heavy atom. The van der Waals surface area contributed by atoms with Crippen molar-refractivity contribution < 1.29 is 14.3 Å². The highest BCUT2D eigenvalue weighted by Gasteiger charge is 2.21. The van der Waals surface area contributed by atoms with Gasteiger partial charge in [-0.1, -0.05) is 38.2 Å². The minimum atomic E-state index is -0.514. The third kappa shape index (κ3) is 4.43. The first kappa shape index (κ1) is 18.8. The molecule has 2 N–H and O–H groups in total. The predicted molar refractivity (Wildman–Crippen MR) is 109 cm³/mol. The van der Waals surface area contributed by atoms with Gasteiger partial charge in [0.15, 0.2) is 5.13 Å². The van der Waals surface area contributed by atoms with Crippen LogP contribution in [0.2, 0.25) is 0 Å². The molecule has 2 aromatic carbocycles. The molecule has 2 amide bonds. The maximum atomic E-state index is 12.6. The molecule has 0 bridgehead atoms. The number of thiazole rings is 1. The van der Waals surface area contributed by atoms with Crippen LogP contribution in [-0.4, -0.2) is 23.9 Å². The Hall–Kier alpha value is -2.93. The normalized spacial score (nSPS) is 11.3. The molecule has 3 rings (SSSR count). The molecule has 0 unspecified atom stereocenters. The second-order valence-corrected chi connectivity index (χ2v) is 8.12. The summed E-state index contributed by atoms with van der Waals surface area (Å²) in [5, 5.41) is 6.15. The van der Waals surface area contributed by atoms with Gasteiger partial charge in [-0.15, -0.1) is 0 Å². The van der Waals surface area contributed by atoms with E-state index in [1.54, 1.807) is 31.4 Å². The lowest BCUT2D eigenvalue weighted by molar-refractivity contribution is -0.123. The average Bonchev–Trinajstić information content (AvgIpc) is 3.02. The van der Waals surface area contributed by atoms with E-state index >= 15 is 0 Å². The fraction of sp³-hybridized carbons (Fsp3) is 0.250. The van der Waals surface area contributed by atoms with Crippen molar-refractivity contribution in [3.63, 3.8) is 0 Å². The van der Waals surface area contributed by atoms with Crippen molar-refractivity contribution in [1.29, 1.82) is 0 Å². The largest absolute Gasteiger partial charge is 0.497 e. The minimum Gasteiger partial charge on any atom is -0.497 e. The van der Waals surface area contributed by atoms with Crippen LogP contribution in [0.5, 0.6) is 5.75 Å². The molecule has 6 nitrogen and oxygen atoms in total. The summed E-state index contributed by atoms with van der Waals surface area (Å²) in [5.41, 5.74) is 1.30. The van der Waals surface area contributed by atoms with Gasteiger partial charge in [0.2, 0.25) is 5.91 Å². The molecule has 0 aliphatic heterocycles. The summed E-state index contributed by atoms with van der Waals surface area (Å²) in [6.45, 7) is 5.50. The number of carbonyl (C=O) groups excluding carboxylic acids is 2. The fourth-order valence-corrected chi connectivity index (χ4v) is 3.20. The zero-order valence-electron chi connectivity index (χ0n) is 15.6. The first-order chi connectivity index (χ1) is 12.8. The molecular weight excluding hydrogens is 362 g/mol. The Bertz CT molecular complexity index is 1010. The third-order valence-electron chi connectivity index (χ3n) is 3.88. The number of hydrogen-bond acceptors (Lipinski definition) is 5. The van der Waals surface area contributed by atoms with Crippen LogP contribution in [0.15, 0.2) is 42.5 Å². The highest BCUT2D eigenvalue weighted by atomic mass is 32.1. The SMILES string of the molecule is COc1ccc2nc(NC(=O)c3cccc(NC(=O)C(C)(C)C)c3)sc2c1. The van der Waals surface area contributed by atoms with Crippen LogP contribution in [0.25, 0.3) is 10.2 Å². The molecule has 140 valence electrons. The fourth-order valence-electron chi connectivity index (χ4n) is 2.31. The number of hydrogen-bond donors (Lipinski definition) is 2. The first-order valence-electron chi connectivity index (χ1n) is 8.44. The molecule has 7 heteroatoms. The Morgan fingerprint density at radius 3 is 2.56 bits per heavy atom. The van der Waals surface area contributed by atoms with Crippen LogP contribution in [0.4, 0.5) is 10.8 Å².